The Labute approximate surface area is 198 Å². The first kappa shape index (κ1) is 29.6. The third kappa shape index (κ3) is 7.02. The van der Waals surface area contributed by atoms with E-state index in [0.717, 1.165) is 0 Å². The topological polar surface area (TPSA) is 36.9 Å². The summed E-state index contributed by atoms with van der Waals surface area (Å²) in [5, 5.41) is 0.444. The molecule has 1 heterocycles. The van der Waals surface area contributed by atoms with E-state index in [9.17, 15) is 0 Å². The van der Waals surface area contributed by atoms with Gasteiger partial charge in [0.15, 0.2) is 25.0 Å². The van der Waals surface area contributed by atoms with E-state index in [-0.39, 0.29) is 39.4 Å². The van der Waals surface area contributed by atoms with E-state index in [1.54, 1.807) is 0 Å². The molecule has 0 N–H and O–H groups in total. The second-order valence-electron chi connectivity index (χ2n) is 14.1. The lowest BCUT2D eigenvalue weighted by atomic mass is 9.93. The van der Waals surface area contributed by atoms with E-state index < -0.39 is 25.0 Å². The van der Waals surface area contributed by atoms with Crippen LogP contribution in [0, 0.1) is 0 Å². The Hall–Kier alpha value is 0.556. The lowest BCUT2D eigenvalue weighted by molar-refractivity contribution is 0.000561. The molecule has 1 aliphatic heterocycles. The Morgan fingerprint density at radius 1 is 0.645 bits per heavy atom. The number of hydrogen-bond donors (Lipinski definition) is 0. The van der Waals surface area contributed by atoms with Gasteiger partial charge in [0.05, 0.1) is 18.7 Å². The molecule has 1 saturated heterocycles. The monoisotopic (exact) mass is 488 g/mol. The van der Waals surface area contributed by atoms with Crippen LogP contribution in [-0.4, -0.2) is 63.7 Å². The Bertz CT molecular complexity index is 603. The third-order valence-electron chi connectivity index (χ3n) is 8.43. The molecule has 4 nitrogen and oxygen atoms in total. The molecule has 184 valence electrons. The first-order chi connectivity index (χ1) is 13.4. The molecule has 8 heteroatoms. The second kappa shape index (κ2) is 9.31. The zero-order chi connectivity index (χ0) is 24.8. The number of ether oxygens (including phenoxy) is 1. The summed E-state index contributed by atoms with van der Waals surface area (Å²) >= 11 is 0. The average molecular weight is 489 g/mol. The minimum atomic E-state index is -2.00. The molecule has 31 heavy (non-hydrogen) atoms. The first-order valence-corrected chi connectivity index (χ1v) is 20.8. The van der Waals surface area contributed by atoms with Crippen LogP contribution in [0.1, 0.15) is 62.3 Å². The van der Waals surface area contributed by atoms with Crippen LogP contribution in [0.25, 0.3) is 0 Å². The molecule has 0 amide bonds. The fourth-order valence-corrected chi connectivity index (χ4v) is 6.58. The van der Waals surface area contributed by atoms with Crippen molar-refractivity contribution >= 4 is 32.8 Å². The van der Waals surface area contributed by atoms with E-state index in [2.05, 4.69) is 109 Å². The summed E-state index contributed by atoms with van der Waals surface area (Å²) in [6.07, 6.45) is -0.231. The summed E-state index contributed by atoms with van der Waals surface area (Å²) in [5.41, 5.74) is 0. The van der Waals surface area contributed by atoms with Gasteiger partial charge in [0, 0.05) is 0 Å². The molecule has 0 saturated carbocycles. The first-order valence-electron chi connectivity index (χ1n) is 12.1. The Morgan fingerprint density at radius 2 is 1.00 bits per heavy atom. The minimum Gasteiger partial charge on any atom is -0.414 e. The lowest BCUT2D eigenvalue weighted by Gasteiger charge is -2.44. The van der Waals surface area contributed by atoms with Gasteiger partial charge in [-0.25, -0.2) is 0 Å². The van der Waals surface area contributed by atoms with Crippen LogP contribution < -0.4 is 0 Å². The highest BCUT2D eigenvalue weighted by molar-refractivity contribution is 6.75. The van der Waals surface area contributed by atoms with E-state index in [1.807, 2.05) is 0 Å². The standard InChI is InChI=1S/C23H53BO4Si3/c1-21(2,3)29(10,11)25-16-17-18(27-30(12,13)22(4,5)6)19(20(24)26-17)28-31(14,15)23(7,8)9/h17-20H,16,24H2,1-15H3/t17-,18-,19?,20-/m1/s1. The van der Waals surface area contributed by atoms with Crippen LogP contribution in [-0.2, 0) is 18.0 Å². The van der Waals surface area contributed by atoms with E-state index in [4.69, 9.17) is 18.0 Å². The van der Waals surface area contributed by atoms with Crippen LogP contribution in [0.4, 0.5) is 0 Å². The van der Waals surface area contributed by atoms with Crippen molar-refractivity contribution in [1.82, 2.24) is 0 Å². The van der Waals surface area contributed by atoms with Crippen LogP contribution in [0.5, 0.6) is 0 Å². The molecule has 1 rings (SSSR count). The van der Waals surface area contributed by atoms with Crippen molar-refractivity contribution < 1.29 is 18.0 Å². The summed E-state index contributed by atoms with van der Waals surface area (Å²) in [6.45, 7) is 35.1. The normalized spacial score (nSPS) is 27.1. The smallest absolute Gasteiger partial charge is 0.192 e. The van der Waals surface area contributed by atoms with Gasteiger partial charge in [-0.15, -0.1) is 0 Å². The Morgan fingerprint density at radius 3 is 1.35 bits per heavy atom. The van der Waals surface area contributed by atoms with E-state index in [0.29, 0.717) is 6.61 Å². The van der Waals surface area contributed by atoms with Crippen LogP contribution in [0.2, 0.25) is 54.4 Å². The highest BCUT2D eigenvalue weighted by Crippen LogP contribution is 2.44. The highest BCUT2D eigenvalue weighted by Gasteiger charge is 2.52. The highest BCUT2D eigenvalue weighted by atomic mass is 28.4. The molecular weight excluding hydrogens is 435 g/mol. The predicted molar refractivity (Wildman–Crippen MR) is 144 cm³/mol. The van der Waals surface area contributed by atoms with Crippen molar-refractivity contribution in [3.63, 3.8) is 0 Å². The fraction of sp³-hybridized carbons (Fsp3) is 1.00. The van der Waals surface area contributed by atoms with Crippen molar-refractivity contribution in [2.24, 2.45) is 0 Å². The quantitative estimate of drug-likeness (QED) is 0.403. The molecule has 0 radical (unpaired) electrons. The van der Waals surface area contributed by atoms with Gasteiger partial charge >= 0.3 is 0 Å². The average Bonchev–Trinajstić information content (AvgIpc) is 2.77. The van der Waals surface area contributed by atoms with Crippen molar-refractivity contribution in [3.8, 4) is 0 Å². The van der Waals surface area contributed by atoms with Gasteiger partial charge in [-0.05, 0) is 54.4 Å². The minimum absolute atomic E-state index is 0.00286. The molecule has 0 aliphatic carbocycles. The van der Waals surface area contributed by atoms with Gasteiger partial charge in [0.2, 0.25) is 0 Å². The molecule has 0 bridgehead atoms. The molecule has 0 spiro atoms. The Balaban J connectivity index is 3.22. The van der Waals surface area contributed by atoms with Crippen LogP contribution >= 0.6 is 0 Å². The van der Waals surface area contributed by atoms with Gasteiger partial charge in [-0.1, -0.05) is 62.3 Å². The maximum absolute atomic E-state index is 7.01. The summed E-state index contributed by atoms with van der Waals surface area (Å²) in [5.74, 6) is 0. The van der Waals surface area contributed by atoms with Crippen LogP contribution in [0.3, 0.4) is 0 Å². The van der Waals surface area contributed by atoms with E-state index >= 15 is 0 Å². The molecule has 4 atom stereocenters. The maximum Gasteiger partial charge on any atom is 0.192 e. The van der Waals surface area contributed by atoms with Gasteiger partial charge in [0.25, 0.3) is 0 Å². The lowest BCUT2D eigenvalue weighted by Crippen LogP contribution is -2.55. The molecule has 1 fully saturated rings. The Kier molecular flexibility index (Phi) is 8.88. The molecular formula is C23H53BO4Si3. The number of hydrogen-bond acceptors (Lipinski definition) is 4. The van der Waals surface area contributed by atoms with Crippen LogP contribution in [0.15, 0.2) is 0 Å². The zero-order valence-corrected chi connectivity index (χ0v) is 26.6. The zero-order valence-electron chi connectivity index (χ0n) is 23.6. The third-order valence-corrected chi connectivity index (χ3v) is 21.9. The maximum atomic E-state index is 7.01. The number of rotatable bonds is 7. The summed E-state index contributed by atoms with van der Waals surface area (Å²) in [4.78, 5) is 0. The summed E-state index contributed by atoms with van der Waals surface area (Å²) in [6, 6.07) is -0.00286. The van der Waals surface area contributed by atoms with Crippen molar-refractivity contribution in [2.45, 2.75) is 141 Å². The molecule has 0 aromatic rings. The van der Waals surface area contributed by atoms with Gasteiger partial charge < -0.3 is 18.0 Å². The largest absolute Gasteiger partial charge is 0.414 e. The summed E-state index contributed by atoms with van der Waals surface area (Å²) < 4.78 is 27.1. The summed E-state index contributed by atoms with van der Waals surface area (Å²) in [7, 11) is -3.70. The SMILES string of the molecule is B[C@@H]1O[C@H](CO[Si](C)(C)C(C)(C)C)[C@@H](O[Si](C)(C)C(C)(C)C)C1O[Si](C)(C)C(C)(C)C. The van der Waals surface area contributed by atoms with Gasteiger partial charge in [0.1, 0.15) is 20.1 Å². The van der Waals surface area contributed by atoms with Gasteiger partial charge in [-0.3, -0.25) is 0 Å². The fourth-order valence-electron chi connectivity index (χ4n) is 2.89. The molecule has 1 unspecified atom stereocenters. The molecule has 0 aromatic carbocycles. The van der Waals surface area contributed by atoms with Crippen molar-refractivity contribution in [1.29, 1.82) is 0 Å². The van der Waals surface area contributed by atoms with E-state index in [1.165, 1.54) is 0 Å². The molecule has 0 aromatic heterocycles. The predicted octanol–water partition coefficient (Wildman–Crippen LogP) is 6.15. The second-order valence-corrected chi connectivity index (χ2v) is 28.5. The van der Waals surface area contributed by atoms with Crippen molar-refractivity contribution in [2.75, 3.05) is 6.61 Å². The van der Waals surface area contributed by atoms with Gasteiger partial charge in [-0.2, -0.15) is 0 Å². The van der Waals surface area contributed by atoms with Crippen molar-refractivity contribution in [3.05, 3.63) is 0 Å². The molecule has 1 aliphatic rings.